The van der Waals surface area contributed by atoms with E-state index in [-0.39, 0.29) is 29.4 Å². The molecule has 12 heteroatoms. The first kappa shape index (κ1) is 32.3. The zero-order valence-electron chi connectivity index (χ0n) is 24.3. The van der Waals surface area contributed by atoms with E-state index >= 15 is 0 Å². The van der Waals surface area contributed by atoms with Gasteiger partial charge in [-0.2, -0.15) is 0 Å². The van der Waals surface area contributed by atoms with Gasteiger partial charge in [0.1, 0.15) is 23.4 Å². The molecule has 0 saturated heterocycles. The molecule has 236 valence electrons. The van der Waals surface area contributed by atoms with Crippen molar-refractivity contribution in [3.63, 3.8) is 0 Å². The van der Waals surface area contributed by atoms with Gasteiger partial charge in [-0.15, -0.1) is 0 Å². The molecule has 1 heterocycles. The maximum Gasteiger partial charge on any atom is 0.261 e. The van der Waals surface area contributed by atoms with Gasteiger partial charge in [0, 0.05) is 17.3 Å². The quantitative estimate of drug-likeness (QED) is 0.152. The van der Waals surface area contributed by atoms with Crippen LogP contribution in [0.25, 0.3) is 0 Å². The van der Waals surface area contributed by atoms with Gasteiger partial charge in [0.25, 0.3) is 15.9 Å². The van der Waals surface area contributed by atoms with Crippen LogP contribution in [0.3, 0.4) is 0 Å². The molecule has 5 aromatic rings. The zero-order valence-corrected chi connectivity index (χ0v) is 25.9. The van der Waals surface area contributed by atoms with Gasteiger partial charge in [0.05, 0.1) is 17.7 Å². The summed E-state index contributed by atoms with van der Waals surface area (Å²) < 4.78 is 52.3. The second kappa shape index (κ2) is 14.8. The number of carbonyl (C=O) groups excluding carboxylic acids is 2. The predicted octanol–water partition coefficient (Wildman–Crippen LogP) is 6.34. The van der Waals surface area contributed by atoms with Crippen molar-refractivity contribution >= 4 is 39.1 Å². The molecule has 9 nitrogen and oxygen atoms in total. The van der Waals surface area contributed by atoms with Gasteiger partial charge in [-0.05, 0) is 83.9 Å². The lowest BCUT2D eigenvalue weighted by molar-refractivity contribution is -0.143. The molecule has 0 radical (unpaired) electrons. The third-order valence-corrected chi connectivity index (χ3v) is 8.52. The third-order valence-electron chi connectivity index (χ3n) is 6.87. The Morgan fingerprint density at radius 2 is 1.57 bits per heavy atom. The van der Waals surface area contributed by atoms with Crippen LogP contribution in [0.15, 0.2) is 131 Å². The van der Waals surface area contributed by atoms with Crippen LogP contribution < -0.4 is 14.8 Å². The van der Waals surface area contributed by atoms with Crippen molar-refractivity contribution in [2.24, 2.45) is 0 Å². The number of nitrogens with one attached hydrogen (secondary N) is 2. The number of furan rings is 1. The van der Waals surface area contributed by atoms with Gasteiger partial charge in [0.2, 0.25) is 5.91 Å². The number of sulfonamides is 1. The van der Waals surface area contributed by atoms with Gasteiger partial charge < -0.3 is 19.4 Å². The minimum atomic E-state index is -3.96. The minimum absolute atomic E-state index is 0.0581. The standard InChI is InChI=1S/C34H29ClFN3O6S/c35-26-10-8-24(9-11-26)22-39(33(25-5-2-1-3-6-25)34(41)37-21-30-7-4-20-44-30)32(40)23-45-29-16-18-31(19-17-29)46(42,43)38-28-14-12-27(36)13-15-28/h1-20,33,38H,21-23H2,(H,37,41)/t33-/m0/s1. The Morgan fingerprint density at radius 1 is 0.870 bits per heavy atom. The van der Waals surface area contributed by atoms with Crippen LogP contribution >= 0.6 is 11.6 Å². The number of benzene rings is 4. The summed E-state index contributed by atoms with van der Waals surface area (Å²) in [6.45, 7) is -0.248. The molecule has 1 atom stereocenters. The molecule has 2 amide bonds. The molecule has 0 bridgehead atoms. The molecule has 0 aliphatic heterocycles. The molecule has 0 saturated carbocycles. The molecule has 0 aliphatic rings. The van der Waals surface area contributed by atoms with Crippen molar-refractivity contribution in [3.8, 4) is 5.75 Å². The van der Waals surface area contributed by atoms with E-state index in [0.29, 0.717) is 16.3 Å². The Labute approximate surface area is 270 Å². The van der Waals surface area contributed by atoms with E-state index in [0.717, 1.165) is 17.7 Å². The molecular weight excluding hydrogens is 633 g/mol. The highest BCUT2D eigenvalue weighted by Crippen LogP contribution is 2.26. The number of rotatable bonds is 13. The van der Waals surface area contributed by atoms with Gasteiger partial charge in [-0.25, -0.2) is 12.8 Å². The smallest absolute Gasteiger partial charge is 0.261 e. The number of halogens is 2. The van der Waals surface area contributed by atoms with Crippen molar-refractivity contribution in [1.82, 2.24) is 10.2 Å². The highest BCUT2D eigenvalue weighted by atomic mass is 35.5. The average Bonchev–Trinajstić information content (AvgIpc) is 3.59. The van der Waals surface area contributed by atoms with Gasteiger partial charge in [-0.3, -0.25) is 14.3 Å². The van der Waals surface area contributed by atoms with Crippen LogP contribution in [0.5, 0.6) is 5.75 Å². The van der Waals surface area contributed by atoms with E-state index < -0.39 is 40.3 Å². The fraction of sp³-hybridized carbons (Fsp3) is 0.118. The van der Waals surface area contributed by atoms with Crippen LogP contribution in [0, 0.1) is 5.82 Å². The Bertz CT molecular complexity index is 1850. The summed E-state index contributed by atoms with van der Waals surface area (Å²) >= 11 is 6.08. The van der Waals surface area contributed by atoms with Crippen LogP contribution in [-0.2, 0) is 32.7 Å². The first-order chi connectivity index (χ1) is 22.2. The van der Waals surface area contributed by atoms with E-state index in [4.69, 9.17) is 20.8 Å². The molecule has 4 aromatic carbocycles. The SMILES string of the molecule is O=C(NCc1ccco1)[C@H](c1ccccc1)N(Cc1ccc(Cl)cc1)C(=O)COc1ccc(S(=O)(=O)Nc2ccc(F)cc2)cc1. The Kier molecular flexibility index (Phi) is 10.4. The van der Waals surface area contributed by atoms with Crippen LogP contribution in [0.1, 0.15) is 22.9 Å². The largest absolute Gasteiger partial charge is 0.484 e. The highest BCUT2D eigenvalue weighted by molar-refractivity contribution is 7.92. The van der Waals surface area contributed by atoms with Crippen molar-refractivity contribution < 1.29 is 31.6 Å². The number of ether oxygens (including phenoxy) is 1. The second-order valence-electron chi connectivity index (χ2n) is 10.1. The Hall–Kier alpha value is -5.13. The van der Waals surface area contributed by atoms with Crippen molar-refractivity contribution in [1.29, 1.82) is 0 Å². The van der Waals surface area contributed by atoms with Crippen LogP contribution in [0.4, 0.5) is 10.1 Å². The molecule has 46 heavy (non-hydrogen) atoms. The van der Waals surface area contributed by atoms with Gasteiger partial charge in [-0.1, -0.05) is 54.1 Å². The summed E-state index contributed by atoms with van der Waals surface area (Å²) in [5, 5.41) is 3.39. The summed E-state index contributed by atoms with van der Waals surface area (Å²) in [5.41, 5.74) is 1.53. The summed E-state index contributed by atoms with van der Waals surface area (Å²) in [6.07, 6.45) is 1.51. The predicted molar refractivity (Wildman–Crippen MR) is 171 cm³/mol. The second-order valence-corrected chi connectivity index (χ2v) is 12.2. The van der Waals surface area contributed by atoms with E-state index in [2.05, 4.69) is 10.0 Å². The average molecular weight is 662 g/mol. The molecule has 0 fully saturated rings. The van der Waals surface area contributed by atoms with Crippen molar-refractivity contribution in [2.45, 2.75) is 24.0 Å². The number of carbonyl (C=O) groups is 2. The molecule has 5 rings (SSSR count). The monoisotopic (exact) mass is 661 g/mol. The van der Waals surface area contributed by atoms with Crippen LogP contribution in [-0.4, -0.2) is 31.7 Å². The third kappa shape index (κ3) is 8.52. The number of hydrogen-bond donors (Lipinski definition) is 2. The number of amides is 2. The van der Waals surface area contributed by atoms with Crippen LogP contribution in [0.2, 0.25) is 5.02 Å². The topological polar surface area (TPSA) is 118 Å². The van der Waals surface area contributed by atoms with E-state index in [1.165, 1.54) is 47.6 Å². The number of hydrogen-bond acceptors (Lipinski definition) is 6. The van der Waals surface area contributed by atoms with Crippen molar-refractivity contribution in [2.75, 3.05) is 11.3 Å². The summed E-state index contributed by atoms with van der Waals surface area (Å²) in [5.74, 6) is -0.619. The highest BCUT2D eigenvalue weighted by Gasteiger charge is 2.32. The lowest BCUT2D eigenvalue weighted by Crippen LogP contribution is -2.45. The number of anilines is 1. The van der Waals surface area contributed by atoms with Crippen molar-refractivity contribution in [3.05, 3.63) is 149 Å². The van der Waals surface area contributed by atoms with E-state index in [1.54, 1.807) is 60.7 Å². The van der Waals surface area contributed by atoms with E-state index in [9.17, 15) is 22.4 Å². The maximum atomic E-state index is 13.8. The minimum Gasteiger partial charge on any atom is -0.484 e. The summed E-state index contributed by atoms with van der Waals surface area (Å²) in [4.78, 5) is 28.9. The first-order valence-electron chi connectivity index (χ1n) is 14.1. The van der Waals surface area contributed by atoms with E-state index in [1.807, 2.05) is 6.07 Å². The van der Waals surface area contributed by atoms with Gasteiger partial charge in [0.15, 0.2) is 6.61 Å². The first-order valence-corrected chi connectivity index (χ1v) is 15.9. The molecule has 1 aromatic heterocycles. The molecule has 0 aliphatic carbocycles. The summed E-state index contributed by atoms with van der Waals surface area (Å²) in [7, 11) is -3.96. The molecule has 0 spiro atoms. The fourth-order valence-corrected chi connectivity index (χ4v) is 5.76. The molecule has 0 unspecified atom stereocenters. The molecule has 2 N–H and O–H groups in total. The zero-order chi connectivity index (χ0) is 32.5. The normalized spacial score (nSPS) is 11.8. The number of nitrogens with zero attached hydrogens (tertiary/aromatic N) is 1. The molecular formula is C34H29ClFN3O6S. The Balaban J connectivity index is 1.34. The lowest BCUT2D eigenvalue weighted by atomic mass is 10.0. The van der Waals surface area contributed by atoms with Gasteiger partial charge >= 0.3 is 0 Å². The maximum absolute atomic E-state index is 13.8. The summed E-state index contributed by atoms with van der Waals surface area (Å²) in [6, 6.07) is 28.7. The fourth-order valence-electron chi connectivity index (χ4n) is 4.58. The Morgan fingerprint density at radius 3 is 2.22 bits per heavy atom. The lowest BCUT2D eigenvalue weighted by Gasteiger charge is -2.31.